The Morgan fingerprint density at radius 2 is 1.71 bits per heavy atom. The molecule has 0 aliphatic carbocycles. The number of carboxylic acid groups (broad SMARTS) is 2. The summed E-state index contributed by atoms with van der Waals surface area (Å²) >= 11 is 0. The molecule has 2 aromatic carbocycles. The molecular formula is C26H32N2O7. The highest BCUT2D eigenvalue weighted by molar-refractivity contribution is 5.91. The molecule has 2 amide bonds. The van der Waals surface area contributed by atoms with Crippen LogP contribution in [0.3, 0.4) is 0 Å². The van der Waals surface area contributed by atoms with Crippen molar-refractivity contribution < 1.29 is 34.1 Å². The van der Waals surface area contributed by atoms with E-state index in [-0.39, 0.29) is 36.0 Å². The van der Waals surface area contributed by atoms with Gasteiger partial charge < -0.3 is 25.6 Å². The molecule has 0 bridgehead atoms. The maximum atomic E-state index is 12.9. The molecule has 0 aliphatic rings. The highest BCUT2D eigenvalue weighted by atomic mass is 16.5. The Morgan fingerprint density at radius 1 is 0.971 bits per heavy atom. The van der Waals surface area contributed by atoms with Gasteiger partial charge in [0, 0.05) is 19.4 Å². The molecule has 35 heavy (non-hydrogen) atoms. The number of hydrogen-bond acceptors (Lipinski definition) is 5. The smallest absolute Gasteiger partial charge is 0.341 e. The topological polar surface area (TPSA) is 142 Å². The quantitative estimate of drug-likeness (QED) is 0.285. The number of amides is 2. The van der Waals surface area contributed by atoms with E-state index in [1.54, 1.807) is 6.07 Å². The summed E-state index contributed by atoms with van der Waals surface area (Å²) < 4.78 is 5.05. The van der Waals surface area contributed by atoms with Crippen LogP contribution in [0.2, 0.25) is 0 Å². The fraction of sp³-hybridized carbons (Fsp3) is 0.385. The average Bonchev–Trinajstić information content (AvgIpc) is 2.84. The van der Waals surface area contributed by atoms with Gasteiger partial charge in [-0.1, -0.05) is 56.2 Å². The highest BCUT2D eigenvalue weighted by Gasteiger charge is 2.22. The van der Waals surface area contributed by atoms with E-state index in [1.165, 1.54) is 12.1 Å². The SMILES string of the molecule is CCCCCNC(=O)C(Cc1ccc(OCC(=O)O)c(C(=O)O)c1)NC(=O)CCc1ccccc1. The van der Waals surface area contributed by atoms with Gasteiger partial charge in [0.25, 0.3) is 0 Å². The molecular weight excluding hydrogens is 452 g/mol. The van der Waals surface area contributed by atoms with Crippen molar-refractivity contribution in [2.75, 3.05) is 13.2 Å². The van der Waals surface area contributed by atoms with Crippen molar-refractivity contribution in [1.82, 2.24) is 10.6 Å². The second-order valence-electron chi connectivity index (χ2n) is 8.13. The number of aromatic carboxylic acids is 1. The number of carboxylic acids is 2. The second-order valence-corrected chi connectivity index (χ2v) is 8.13. The zero-order valence-corrected chi connectivity index (χ0v) is 19.8. The van der Waals surface area contributed by atoms with E-state index >= 15 is 0 Å². The normalized spacial score (nSPS) is 11.3. The predicted molar refractivity (Wildman–Crippen MR) is 129 cm³/mol. The predicted octanol–water partition coefficient (Wildman–Crippen LogP) is 2.81. The lowest BCUT2D eigenvalue weighted by atomic mass is 10.0. The van der Waals surface area contributed by atoms with E-state index < -0.39 is 24.6 Å². The zero-order valence-electron chi connectivity index (χ0n) is 19.8. The van der Waals surface area contributed by atoms with Crippen molar-refractivity contribution in [3.05, 3.63) is 65.2 Å². The fourth-order valence-corrected chi connectivity index (χ4v) is 3.46. The Labute approximate surface area is 204 Å². The van der Waals surface area contributed by atoms with Crippen LogP contribution in [0.5, 0.6) is 5.75 Å². The molecule has 1 atom stereocenters. The van der Waals surface area contributed by atoms with E-state index in [2.05, 4.69) is 17.6 Å². The van der Waals surface area contributed by atoms with Gasteiger partial charge in [-0.2, -0.15) is 0 Å². The van der Waals surface area contributed by atoms with Crippen LogP contribution in [0, 0.1) is 0 Å². The number of rotatable bonds is 15. The highest BCUT2D eigenvalue weighted by Crippen LogP contribution is 2.21. The summed E-state index contributed by atoms with van der Waals surface area (Å²) in [6, 6.07) is 12.9. The van der Waals surface area contributed by atoms with Gasteiger partial charge in [-0.3, -0.25) is 9.59 Å². The number of hydrogen-bond donors (Lipinski definition) is 4. The van der Waals surface area contributed by atoms with E-state index in [9.17, 15) is 24.3 Å². The van der Waals surface area contributed by atoms with Crippen molar-refractivity contribution in [3.8, 4) is 5.75 Å². The third kappa shape index (κ3) is 9.87. The minimum Gasteiger partial charge on any atom is -0.481 e. The first-order chi connectivity index (χ1) is 16.8. The van der Waals surface area contributed by atoms with E-state index in [1.807, 2.05) is 30.3 Å². The molecule has 2 aromatic rings. The molecule has 0 saturated carbocycles. The molecule has 4 N–H and O–H groups in total. The first kappa shape index (κ1) is 27.4. The van der Waals surface area contributed by atoms with Crippen LogP contribution in [0.1, 0.15) is 54.1 Å². The lowest BCUT2D eigenvalue weighted by Gasteiger charge is -2.19. The van der Waals surface area contributed by atoms with Crippen molar-refractivity contribution in [1.29, 1.82) is 0 Å². The van der Waals surface area contributed by atoms with Gasteiger partial charge in [0.2, 0.25) is 11.8 Å². The summed E-state index contributed by atoms with van der Waals surface area (Å²) in [4.78, 5) is 47.9. The van der Waals surface area contributed by atoms with Crippen LogP contribution in [-0.4, -0.2) is 53.2 Å². The third-order valence-electron chi connectivity index (χ3n) is 5.28. The molecule has 0 aliphatic heterocycles. The maximum absolute atomic E-state index is 12.9. The number of carbonyl (C=O) groups excluding carboxylic acids is 2. The summed E-state index contributed by atoms with van der Waals surface area (Å²) in [5.41, 5.74) is 1.27. The first-order valence-electron chi connectivity index (χ1n) is 11.6. The van der Waals surface area contributed by atoms with Gasteiger partial charge >= 0.3 is 11.9 Å². The van der Waals surface area contributed by atoms with Crippen LogP contribution in [0.25, 0.3) is 0 Å². The van der Waals surface area contributed by atoms with E-state index in [0.29, 0.717) is 18.5 Å². The zero-order chi connectivity index (χ0) is 25.6. The number of ether oxygens (including phenoxy) is 1. The molecule has 1 unspecified atom stereocenters. The number of benzene rings is 2. The van der Waals surface area contributed by atoms with Crippen LogP contribution in [-0.2, 0) is 27.2 Å². The standard InChI is InChI=1S/C26H32N2O7/c1-2-3-7-14-27-25(32)21(28-23(29)13-11-18-8-5-4-6-9-18)16-19-10-12-22(35-17-24(30)31)20(15-19)26(33)34/h4-6,8-10,12,15,21H,2-3,7,11,13-14,16-17H2,1H3,(H,27,32)(H,28,29)(H,30,31)(H,33,34). The van der Waals surface area contributed by atoms with Crippen LogP contribution < -0.4 is 15.4 Å². The monoisotopic (exact) mass is 484 g/mol. The summed E-state index contributed by atoms with van der Waals surface area (Å²) in [5.74, 6) is -3.25. The molecule has 0 aromatic heterocycles. The Hall–Kier alpha value is -3.88. The number of nitrogens with one attached hydrogen (secondary N) is 2. The molecule has 0 radical (unpaired) electrons. The lowest BCUT2D eigenvalue weighted by molar-refractivity contribution is -0.139. The van der Waals surface area contributed by atoms with Crippen LogP contribution in [0.4, 0.5) is 0 Å². The summed E-state index contributed by atoms with van der Waals surface area (Å²) in [7, 11) is 0. The molecule has 2 rings (SSSR count). The molecule has 0 spiro atoms. The van der Waals surface area contributed by atoms with Gasteiger partial charge in [0.05, 0.1) is 0 Å². The Balaban J connectivity index is 2.13. The number of aryl methyl sites for hydroxylation is 1. The summed E-state index contributed by atoms with van der Waals surface area (Å²) in [6.07, 6.45) is 3.58. The molecule has 0 heterocycles. The van der Waals surface area contributed by atoms with Crippen molar-refractivity contribution in [2.45, 2.75) is 51.5 Å². The van der Waals surface area contributed by atoms with Gasteiger partial charge in [-0.05, 0) is 36.1 Å². The van der Waals surface area contributed by atoms with Crippen LogP contribution >= 0.6 is 0 Å². The molecule has 9 heteroatoms. The molecule has 0 saturated heterocycles. The van der Waals surface area contributed by atoms with Crippen molar-refractivity contribution in [3.63, 3.8) is 0 Å². The maximum Gasteiger partial charge on any atom is 0.341 e. The van der Waals surface area contributed by atoms with E-state index in [4.69, 9.17) is 9.84 Å². The van der Waals surface area contributed by atoms with E-state index in [0.717, 1.165) is 24.8 Å². The average molecular weight is 485 g/mol. The fourth-order valence-electron chi connectivity index (χ4n) is 3.46. The second kappa shape index (κ2) is 14.4. The largest absolute Gasteiger partial charge is 0.481 e. The minimum atomic E-state index is -1.29. The molecule has 0 fully saturated rings. The summed E-state index contributed by atoms with van der Waals surface area (Å²) in [5, 5.41) is 23.9. The number of unbranched alkanes of at least 4 members (excludes halogenated alkanes) is 2. The molecule has 9 nitrogen and oxygen atoms in total. The van der Waals surface area contributed by atoms with Gasteiger partial charge in [-0.15, -0.1) is 0 Å². The number of carbonyl (C=O) groups is 4. The Kier molecular flexibility index (Phi) is 11.3. The lowest BCUT2D eigenvalue weighted by Crippen LogP contribution is -2.48. The summed E-state index contributed by atoms with van der Waals surface area (Å²) in [6.45, 7) is 1.85. The Bertz CT molecular complexity index is 1010. The van der Waals surface area contributed by atoms with Crippen molar-refractivity contribution in [2.24, 2.45) is 0 Å². The van der Waals surface area contributed by atoms with Gasteiger partial charge in [0.1, 0.15) is 17.4 Å². The van der Waals surface area contributed by atoms with Gasteiger partial charge in [0.15, 0.2) is 6.61 Å². The third-order valence-corrected chi connectivity index (χ3v) is 5.28. The van der Waals surface area contributed by atoms with Gasteiger partial charge in [-0.25, -0.2) is 9.59 Å². The van der Waals surface area contributed by atoms with Crippen LogP contribution in [0.15, 0.2) is 48.5 Å². The molecule has 188 valence electrons. The minimum absolute atomic E-state index is 0.0657. The van der Waals surface area contributed by atoms with Crippen molar-refractivity contribution >= 4 is 23.8 Å². The number of aliphatic carboxylic acids is 1. The Morgan fingerprint density at radius 3 is 2.37 bits per heavy atom. The first-order valence-corrected chi connectivity index (χ1v) is 11.6.